The van der Waals surface area contributed by atoms with Crippen LogP contribution in [0.15, 0.2) is 30.7 Å². The summed E-state index contributed by atoms with van der Waals surface area (Å²) in [6.07, 6.45) is 4.70. The van der Waals surface area contributed by atoms with Crippen molar-refractivity contribution in [1.82, 2.24) is 0 Å². The zero-order valence-corrected chi connectivity index (χ0v) is 9.35. The summed E-state index contributed by atoms with van der Waals surface area (Å²) in [7, 11) is 0. The molecule has 0 fully saturated rings. The van der Waals surface area contributed by atoms with Gasteiger partial charge < -0.3 is 14.6 Å². The van der Waals surface area contributed by atoms with Gasteiger partial charge in [-0.3, -0.25) is 0 Å². The van der Waals surface area contributed by atoms with Crippen molar-refractivity contribution in [2.75, 3.05) is 0 Å². The predicted molar refractivity (Wildman–Crippen MR) is 60.4 cm³/mol. The molecule has 0 amide bonds. The van der Waals surface area contributed by atoms with E-state index < -0.39 is 0 Å². The number of hydrogen-bond donors (Lipinski definition) is 1. The Kier molecular flexibility index (Phi) is 3.47. The van der Waals surface area contributed by atoms with E-state index in [2.05, 4.69) is 6.92 Å². The summed E-state index contributed by atoms with van der Waals surface area (Å²) in [6.45, 7) is 2.18. The van der Waals surface area contributed by atoms with Crippen molar-refractivity contribution in [2.24, 2.45) is 0 Å². The molecule has 0 saturated carbocycles. The molecule has 1 aromatic rings. The second-order valence-corrected chi connectivity index (χ2v) is 3.77. The molecule has 2 rings (SSSR count). The highest BCUT2D eigenvalue weighted by Crippen LogP contribution is 2.29. The summed E-state index contributed by atoms with van der Waals surface area (Å²) in [4.78, 5) is 0. The molecule has 0 aliphatic carbocycles. The molecule has 0 bridgehead atoms. The number of aliphatic hydroxyl groups is 1. The maximum absolute atomic E-state index is 9.32. The molecule has 1 N–H and O–H groups in total. The van der Waals surface area contributed by atoms with Gasteiger partial charge in [-0.15, -0.1) is 0 Å². The van der Waals surface area contributed by atoms with Crippen LogP contribution in [0.5, 0.6) is 0 Å². The number of aliphatic hydroxyl groups excluding tert-OH is 1. The van der Waals surface area contributed by atoms with Crippen LogP contribution >= 0.6 is 0 Å². The molecule has 0 atom stereocenters. The first-order chi connectivity index (χ1) is 7.86. The lowest BCUT2D eigenvalue weighted by molar-refractivity contribution is -0.0253. The minimum Gasteiger partial charge on any atom is -0.455 e. The highest BCUT2D eigenvalue weighted by Gasteiger charge is 2.20. The Labute approximate surface area is 95.3 Å². The van der Waals surface area contributed by atoms with Crippen molar-refractivity contribution in [2.45, 2.75) is 32.7 Å². The normalized spacial score (nSPS) is 14.9. The Balaban J connectivity index is 2.34. The molecular weight excluding hydrogens is 204 g/mol. The average molecular weight is 220 g/mol. The first-order valence-corrected chi connectivity index (χ1v) is 5.54. The van der Waals surface area contributed by atoms with Crippen LogP contribution in [-0.2, 0) is 22.5 Å². The second-order valence-electron chi connectivity index (χ2n) is 3.77. The van der Waals surface area contributed by atoms with Crippen molar-refractivity contribution < 1.29 is 14.6 Å². The number of ether oxygens (including phenoxy) is 2. The van der Waals surface area contributed by atoms with E-state index in [-0.39, 0.29) is 12.9 Å². The standard InChI is InChI=1S/C13H16O3/c1-2-4-11-10(9-14)5-3-6-12(11)13-15-7-8-16-13/h3,5-8,13-14H,2,4,9H2,1H3. The lowest BCUT2D eigenvalue weighted by Crippen LogP contribution is -2.06. The van der Waals surface area contributed by atoms with E-state index in [0.29, 0.717) is 0 Å². The summed E-state index contributed by atoms with van der Waals surface area (Å²) in [6, 6.07) is 5.85. The van der Waals surface area contributed by atoms with Crippen LogP contribution < -0.4 is 0 Å². The lowest BCUT2D eigenvalue weighted by atomic mass is 9.97. The van der Waals surface area contributed by atoms with E-state index in [1.54, 1.807) is 12.5 Å². The predicted octanol–water partition coefficient (Wildman–Crippen LogP) is 2.65. The Morgan fingerprint density at radius 2 is 2.00 bits per heavy atom. The van der Waals surface area contributed by atoms with Crippen molar-refractivity contribution in [3.05, 3.63) is 47.4 Å². The Hall–Kier alpha value is -1.48. The Bertz CT molecular complexity index is 377. The second kappa shape index (κ2) is 5.03. The summed E-state index contributed by atoms with van der Waals surface area (Å²) in [5, 5.41) is 9.32. The molecule has 3 heteroatoms. The van der Waals surface area contributed by atoms with E-state index >= 15 is 0 Å². The van der Waals surface area contributed by atoms with Crippen LogP contribution in [0.4, 0.5) is 0 Å². The molecular formula is C13H16O3. The van der Waals surface area contributed by atoms with E-state index in [0.717, 1.165) is 29.5 Å². The molecule has 0 saturated heterocycles. The average Bonchev–Trinajstić information content (AvgIpc) is 2.83. The van der Waals surface area contributed by atoms with Crippen LogP contribution in [0.1, 0.15) is 36.3 Å². The van der Waals surface area contributed by atoms with E-state index in [1.807, 2.05) is 18.2 Å². The van der Waals surface area contributed by atoms with Crippen LogP contribution in [-0.4, -0.2) is 5.11 Å². The number of rotatable bonds is 4. The summed E-state index contributed by atoms with van der Waals surface area (Å²) >= 11 is 0. The molecule has 1 aliphatic heterocycles. The lowest BCUT2D eigenvalue weighted by Gasteiger charge is -2.17. The monoisotopic (exact) mass is 220 g/mol. The van der Waals surface area contributed by atoms with Gasteiger partial charge in [-0.25, -0.2) is 0 Å². The fourth-order valence-electron chi connectivity index (χ4n) is 1.96. The SMILES string of the molecule is CCCc1c(CO)cccc1C1OC=CO1. The van der Waals surface area contributed by atoms with Gasteiger partial charge in [0.25, 0.3) is 6.29 Å². The molecule has 16 heavy (non-hydrogen) atoms. The molecule has 0 aromatic heterocycles. The van der Waals surface area contributed by atoms with Crippen molar-refractivity contribution in [1.29, 1.82) is 0 Å². The fourth-order valence-corrected chi connectivity index (χ4v) is 1.96. The van der Waals surface area contributed by atoms with Gasteiger partial charge in [-0.1, -0.05) is 31.5 Å². The van der Waals surface area contributed by atoms with Gasteiger partial charge >= 0.3 is 0 Å². The maximum atomic E-state index is 9.32. The maximum Gasteiger partial charge on any atom is 0.266 e. The van der Waals surface area contributed by atoms with Crippen LogP contribution in [0, 0.1) is 0 Å². The van der Waals surface area contributed by atoms with Gasteiger partial charge in [-0.2, -0.15) is 0 Å². The highest BCUT2D eigenvalue weighted by atomic mass is 16.7. The zero-order valence-electron chi connectivity index (χ0n) is 9.35. The smallest absolute Gasteiger partial charge is 0.266 e. The number of benzene rings is 1. The first-order valence-electron chi connectivity index (χ1n) is 5.54. The topological polar surface area (TPSA) is 38.7 Å². The molecule has 1 heterocycles. The van der Waals surface area contributed by atoms with E-state index in [1.165, 1.54) is 0 Å². The van der Waals surface area contributed by atoms with Gasteiger partial charge in [0.1, 0.15) is 12.5 Å². The summed E-state index contributed by atoms with van der Waals surface area (Å²) < 4.78 is 10.7. The molecule has 86 valence electrons. The van der Waals surface area contributed by atoms with Crippen LogP contribution in [0.2, 0.25) is 0 Å². The van der Waals surface area contributed by atoms with Gasteiger partial charge in [0, 0.05) is 5.56 Å². The largest absolute Gasteiger partial charge is 0.455 e. The van der Waals surface area contributed by atoms with Gasteiger partial charge in [0.2, 0.25) is 0 Å². The van der Waals surface area contributed by atoms with Crippen molar-refractivity contribution in [3.63, 3.8) is 0 Å². The van der Waals surface area contributed by atoms with Gasteiger partial charge in [-0.05, 0) is 17.5 Å². The van der Waals surface area contributed by atoms with E-state index in [4.69, 9.17) is 9.47 Å². The molecule has 1 aromatic carbocycles. The van der Waals surface area contributed by atoms with Gasteiger partial charge in [0.05, 0.1) is 6.61 Å². The molecule has 3 nitrogen and oxygen atoms in total. The fraction of sp³-hybridized carbons (Fsp3) is 0.385. The Morgan fingerprint density at radius 1 is 1.25 bits per heavy atom. The molecule has 0 spiro atoms. The van der Waals surface area contributed by atoms with Crippen molar-refractivity contribution >= 4 is 0 Å². The van der Waals surface area contributed by atoms with Gasteiger partial charge in [0.15, 0.2) is 0 Å². The molecule has 0 radical (unpaired) electrons. The number of hydrogen-bond acceptors (Lipinski definition) is 3. The van der Waals surface area contributed by atoms with Crippen LogP contribution in [0.25, 0.3) is 0 Å². The van der Waals surface area contributed by atoms with Crippen LogP contribution in [0.3, 0.4) is 0 Å². The molecule has 1 aliphatic rings. The Morgan fingerprint density at radius 3 is 2.62 bits per heavy atom. The molecule has 0 unspecified atom stereocenters. The zero-order chi connectivity index (χ0) is 11.4. The third-order valence-corrected chi connectivity index (χ3v) is 2.69. The third kappa shape index (κ3) is 2.04. The van der Waals surface area contributed by atoms with Crippen molar-refractivity contribution in [3.8, 4) is 0 Å². The highest BCUT2D eigenvalue weighted by molar-refractivity contribution is 5.36. The summed E-state index contributed by atoms with van der Waals surface area (Å²) in [5.74, 6) is 0. The quantitative estimate of drug-likeness (QED) is 0.847. The minimum absolute atomic E-state index is 0.0589. The third-order valence-electron chi connectivity index (χ3n) is 2.69. The summed E-state index contributed by atoms with van der Waals surface area (Å²) in [5.41, 5.74) is 3.11. The first kappa shape index (κ1) is 11.0. The minimum atomic E-state index is -0.354. The van der Waals surface area contributed by atoms with E-state index in [9.17, 15) is 5.11 Å².